The lowest BCUT2D eigenvalue weighted by molar-refractivity contribution is -0.138. The van der Waals surface area contributed by atoms with Crippen LogP contribution in [0.1, 0.15) is 12.8 Å². The van der Waals surface area contributed by atoms with Crippen LogP contribution in [0.5, 0.6) is 11.5 Å². The summed E-state index contributed by atoms with van der Waals surface area (Å²) in [5.41, 5.74) is 0.677. The van der Waals surface area contributed by atoms with Gasteiger partial charge in [-0.05, 0) is 25.1 Å². The molecule has 1 spiro atoms. The fourth-order valence-corrected chi connectivity index (χ4v) is 3.81. The van der Waals surface area contributed by atoms with Crippen molar-refractivity contribution in [3.63, 3.8) is 0 Å². The summed E-state index contributed by atoms with van der Waals surface area (Å²) in [4.78, 5) is 27.1. The number of aliphatic carboxylic acids is 1. The molecule has 7 heteroatoms. The number of nitrogens with zero attached hydrogens (tertiary/aromatic N) is 2. The number of carbonyl (C=O) groups is 2. The molecule has 1 aromatic carbocycles. The quantitative estimate of drug-likeness (QED) is 0.893. The van der Waals surface area contributed by atoms with Gasteiger partial charge in [0.05, 0.1) is 6.54 Å². The summed E-state index contributed by atoms with van der Waals surface area (Å²) in [5.74, 6) is 0.624. The Hall–Kier alpha value is -2.28. The second kappa shape index (κ2) is 5.13. The number of rotatable bonds is 3. The van der Waals surface area contributed by atoms with E-state index in [0.29, 0.717) is 31.0 Å². The van der Waals surface area contributed by atoms with Gasteiger partial charge < -0.3 is 19.5 Å². The molecule has 3 aliphatic heterocycles. The molecule has 2 saturated heterocycles. The van der Waals surface area contributed by atoms with Gasteiger partial charge in [-0.2, -0.15) is 0 Å². The zero-order valence-corrected chi connectivity index (χ0v) is 12.7. The highest BCUT2D eigenvalue weighted by molar-refractivity contribution is 5.96. The Balaban J connectivity index is 1.52. The van der Waals surface area contributed by atoms with E-state index in [9.17, 15) is 9.59 Å². The molecule has 0 aromatic heterocycles. The molecular formula is C16H18N2O5. The Morgan fingerprint density at radius 1 is 1.26 bits per heavy atom. The maximum Gasteiger partial charge on any atom is 0.317 e. The molecule has 1 N–H and O–H groups in total. The summed E-state index contributed by atoms with van der Waals surface area (Å²) < 4.78 is 10.7. The lowest BCUT2D eigenvalue weighted by Crippen LogP contribution is -2.33. The molecule has 3 aliphatic rings. The maximum atomic E-state index is 12.5. The molecule has 1 amide bonds. The molecule has 1 unspecified atom stereocenters. The van der Waals surface area contributed by atoms with E-state index in [1.165, 1.54) is 0 Å². The Kier molecular flexibility index (Phi) is 3.19. The van der Waals surface area contributed by atoms with Crippen LogP contribution < -0.4 is 14.4 Å². The molecule has 0 saturated carbocycles. The minimum Gasteiger partial charge on any atom is -0.480 e. The van der Waals surface area contributed by atoms with Crippen molar-refractivity contribution in [2.24, 2.45) is 5.41 Å². The van der Waals surface area contributed by atoms with Crippen molar-refractivity contribution < 1.29 is 24.2 Å². The van der Waals surface area contributed by atoms with E-state index in [1.54, 1.807) is 4.90 Å². The third-order valence-electron chi connectivity index (χ3n) is 4.86. The number of hydrogen-bond donors (Lipinski definition) is 1. The van der Waals surface area contributed by atoms with Crippen LogP contribution in [0.25, 0.3) is 0 Å². The second-order valence-corrected chi connectivity index (χ2v) is 6.55. The van der Waals surface area contributed by atoms with Crippen molar-refractivity contribution in [2.75, 3.05) is 37.9 Å². The SMILES string of the molecule is O=C(O)CN1CCC2(CC(=O)N(c3ccc4c(c3)OCO4)C2)C1. The highest BCUT2D eigenvalue weighted by Gasteiger charge is 2.48. The van der Waals surface area contributed by atoms with Crippen LogP contribution in [-0.2, 0) is 9.59 Å². The summed E-state index contributed by atoms with van der Waals surface area (Å²) in [6.07, 6.45) is 1.32. The average molecular weight is 318 g/mol. The second-order valence-electron chi connectivity index (χ2n) is 6.55. The zero-order chi connectivity index (χ0) is 16.0. The van der Waals surface area contributed by atoms with Crippen LogP contribution in [0.4, 0.5) is 5.69 Å². The van der Waals surface area contributed by atoms with Gasteiger partial charge in [0.25, 0.3) is 0 Å². The number of anilines is 1. The minimum absolute atomic E-state index is 0.0416. The van der Waals surface area contributed by atoms with Crippen molar-refractivity contribution in [1.29, 1.82) is 0 Å². The number of likely N-dealkylation sites (tertiary alicyclic amines) is 1. The lowest BCUT2D eigenvalue weighted by atomic mass is 9.86. The Bertz CT molecular complexity index is 676. The first-order chi connectivity index (χ1) is 11.0. The smallest absolute Gasteiger partial charge is 0.317 e. The summed E-state index contributed by atoms with van der Waals surface area (Å²) in [5, 5.41) is 8.93. The monoisotopic (exact) mass is 318 g/mol. The predicted octanol–water partition coefficient (Wildman–Crippen LogP) is 0.929. The molecular weight excluding hydrogens is 300 g/mol. The van der Waals surface area contributed by atoms with Crippen LogP contribution in [-0.4, -0.2) is 54.9 Å². The van der Waals surface area contributed by atoms with Crippen molar-refractivity contribution in [1.82, 2.24) is 4.90 Å². The van der Waals surface area contributed by atoms with Crippen LogP contribution in [0.15, 0.2) is 18.2 Å². The number of carbonyl (C=O) groups excluding carboxylic acids is 1. The van der Waals surface area contributed by atoms with Gasteiger partial charge in [0.2, 0.25) is 12.7 Å². The molecule has 4 rings (SSSR count). The molecule has 0 bridgehead atoms. The Morgan fingerprint density at radius 3 is 2.91 bits per heavy atom. The molecule has 0 aliphatic carbocycles. The van der Waals surface area contributed by atoms with E-state index in [1.807, 2.05) is 23.1 Å². The standard InChI is InChI=1S/C16H18N2O5/c19-14-6-16(3-4-17(8-16)7-15(20)21)9-18(14)11-1-2-12-13(5-11)23-10-22-12/h1-2,5H,3-4,6-10H2,(H,20,21). The van der Waals surface area contributed by atoms with Crippen LogP contribution in [0, 0.1) is 5.41 Å². The van der Waals surface area contributed by atoms with E-state index in [4.69, 9.17) is 14.6 Å². The van der Waals surface area contributed by atoms with E-state index >= 15 is 0 Å². The van der Waals surface area contributed by atoms with E-state index < -0.39 is 5.97 Å². The molecule has 1 aromatic rings. The molecule has 7 nitrogen and oxygen atoms in total. The number of carboxylic acids is 1. The van der Waals surface area contributed by atoms with E-state index in [0.717, 1.165) is 18.7 Å². The molecule has 23 heavy (non-hydrogen) atoms. The van der Waals surface area contributed by atoms with Gasteiger partial charge in [0.15, 0.2) is 11.5 Å². The molecule has 2 fully saturated rings. The van der Waals surface area contributed by atoms with Crippen molar-refractivity contribution in [3.8, 4) is 11.5 Å². The van der Waals surface area contributed by atoms with E-state index in [2.05, 4.69) is 0 Å². The van der Waals surface area contributed by atoms with Crippen molar-refractivity contribution in [2.45, 2.75) is 12.8 Å². The van der Waals surface area contributed by atoms with Crippen molar-refractivity contribution >= 4 is 17.6 Å². The van der Waals surface area contributed by atoms with Crippen LogP contribution >= 0.6 is 0 Å². The third kappa shape index (κ3) is 2.50. The summed E-state index contributed by atoms with van der Waals surface area (Å²) in [6.45, 7) is 2.27. The van der Waals surface area contributed by atoms with Crippen LogP contribution in [0.2, 0.25) is 0 Å². The summed E-state index contributed by atoms with van der Waals surface area (Å²) in [7, 11) is 0. The van der Waals surface area contributed by atoms with Gasteiger partial charge in [0, 0.05) is 36.7 Å². The number of amides is 1. The first-order valence-corrected chi connectivity index (χ1v) is 7.69. The topological polar surface area (TPSA) is 79.3 Å². The van der Waals surface area contributed by atoms with Crippen LogP contribution in [0.3, 0.4) is 0 Å². The maximum absolute atomic E-state index is 12.5. The van der Waals surface area contributed by atoms with Gasteiger partial charge in [-0.1, -0.05) is 0 Å². The molecule has 3 heterocycles. The Morgan fingerprint density at radius 2 is 2.09 bits per heavy atom. The molecule has 1 atom stereocenters. The van der Waals surface area contributed by atoms with Gasteiger partial charge in [-0.25, -0.2) is 0 Å². The first-order valence-electron chi connectivity index (χ1n) is 7.69. The minimum atomic E-state index is -0.820. The largest absolute Gasteiger partial charge is 0.480 e. The first kappa shape index (κ1) is 14.3. The fourth-order valence-electron chi connectivity index (χ4n) is 3.81. The summed E-state index contributed by atoms with van der Waals surface area (Å²) in [6, 6.07) is 5.53. The third-order valence-corrected chi connectivity index (χ3v) is 4.86. The number of benzene rings is 1. The van der Waals surface area contributed by atoms with E-state index in [-0.39, 0.29) is 24.7 Å². The predicted molar refractivity (Wildman–Crippen MR) is 80.7 cm³/mol. The lowest BCUT2D eigenvalue weighted by Gasteiger charge is -2.24. The number of carboxylic acid groups (broad SMARTS) is 1. The number of fused-ring (bicyclic) bond motifs is 1. The fraction of sp³-hybridized carbons (Fsp3) is 0.500. The van der Waals surface area contributed by atoms with Gasteiger partial charge >= 0.3 is 5.97 Å². The van der Waals surface area contributed by atoms with Gasteiger partial charge in [-0.3, -0.25) is 14.5 Å². The Labute approximate surface area is 133 Å². The molecule has 0 radical (unpaired) electrons. The number of hydrogen-bond acceptors (Lipinski definition) is 5. The van der Waals surface area contributed by atoms with Gasteiger partial charge in [-0.15, -0.1) is 0 Å². The molecule has 122 valence electrons. The average Bonchev–Trinajstić information content (AvgIpc) is 3.17. The van der Waals surface area contributed by atoms with Gasteiger partial charge in [0.1, 0.15) is 0 Å². The number of ether oxygens (including phenoxy) is 2. The zero-order valence-electron chi connectivity index (χ0n) is 12.7. The normalized spacial score (nSPS) is 26.4. The highest BCUT2D eigenvalue weighted by atomic mass is 16.7. The van der Waals surface area contributed by atoms with Crippen molar-refractivity contribution in [3.05, 3.63) is 18.2 Å². The highest BCUT2D eigenvalue weighted by Crippen LogP contribution is 2.43. The summed E-state index contributed by atoms with van der Waals surface area (Å²) >= 11 is 0.